The van der Waals surface area contributed by atoms with E-state index in [0.717, 1.165) is 12.0 Å². The highest BCUT2D eigenvalue weighted by Crippen LogP contribution is 2.20. The molecule has 0 aromatic heterocycles. The van der Waals surface area contributed by atoms with Crippen molar-refractivity contribution in [1.29, 1.82) is 0 Å². The SMILES string of the molecule is C\C=C(F)/C=C(\C=C(/C)CC)C(=C\C)/C(=O)OC(C)C. The lowest BCUT2D eigenvalue weighted by Gasteiger charge is -2.12. The Balaban J connectivity index is 5.61. The number of hydrogen-bond donors (Lipinski definition) is 0. The molecule has 0 saturated heterocycles. The van der Waals surface area contributed by atoms with E-state index in [2.05, 4.69) is 0 Å². The summed E-state index contributed by atoms with van der Waals surface area (Å²) in [5.74, 6) is -0.811. The van der Waals surface area contributed by atoms with E-state index in [1.165, 1.54) is 12.2 Å². The number of rotatable bonds is 6. The fraction of sp³-hybridized carbons (Fsp3) is 0.471. The zero-order valence-corrected chi connectivity index (χ0v) is 13.3. The number of allylic oxidation sites excluding steroid dienone is 6. The molecule has 0 heterocycles. The van der Waals surface area contributed by atoms with Crippen molar-refractivity contribution >= 4 is 5.97 Å². The molecule has 0 aromatic rings. The Morgan fingerprint density at radius 2 is 1.80 bits per heavy atom. The molecule has 0 aliphatic carbocycles. The molecular weight excluding hydrogens is 255 g/mol. The molecule has 112 valence electrons. The predicted molar refractivity (Wildman–Crippen MR) is 82.0 cm³/mol. The second-order valence-corrected chi connectivity index (χ2v) is 4.77. The van der Waals surface area contributed by atoms with Gasteiger partial charge in [0.2, 0.25) is 0 Å². The third kappa shape index (κ3) is 6.50. The van der Waals surface area contributed by atoms with Crippen LogP contribution in [0.3, 0.4) is 0 Å². The van der Waals surface area contributed by atoms with Gasteiger partial charge in [-0.1, -0.05) is 30.7 Å². The van der Waals surface area contributed by atoms with Crippen LogP contribution >= 0.6 is 0 Å². The second kappa shape index (κ2) is 9.29. The molecule has 0 aliphatic rings. The molecular formula is C17H25FO2. The summed E-state index contributed by atoms with van der Waals surface area (Å²) in [6.07, 6.45) is 6.82. The van der Waals surface area contributed by atoms with Gasteiger partial charge in [0, 0.05) is 0 Å². The van der Waals surface area contributed by atoms with Crippen LogP contribution in [0.25, 0.3) is 0 Å². The maximum absolute atomic E-state index is 13.5. The Morgan fingerprint density at radius 3 is 2.20 bits per heavy atom. The second-order valence-electron chi connectivity index (χ2n) is 4.77. The zero-order valence-electron chi connectivity index (χ0n) is 13.3. The molecule has 0 rings (SSSR count). The lowest BCUT2D eigenvalue weighted by Crippen LogP contribution is -2.14. The Hall–Kier alpha value is -1.64. The lowest BCUT2D eigenvalue weighted by molar-refractivity contribution is -0.142. The third-order valence-corrected chi connectivity index (χ3v) is 2.69. The summed E-state index contributed by atoms with van der Waals surface area (Å²) in [7, 11) is 0. The first-order valence-corrected chi connectivity index (χ1v) is 6.94. The molecule has 3 heteroatoms. The van der Waals surface area contributed by atoms with Crippen molar-refractivity contribution < 1.29 is 13.9 Å². The van der Waals surface area contributed by atoms with Crippen molar-refractivity contribution in [1.82, 2.24) is 0 Å². The number of carbonyl (C=O) groups is 1. The molecule has 0 unspecified atom stereocenters. The summed E-state index contributed by atoms with van der Waals surface area (Å²) in [4.78, 5) is 12.1. The van der Waals surface area contributed by atoms with E-state index in [-0.39, 0.29) is 11.9 Å². The molecule has 0 radical (unpaired) electrons. The molecule has 0 amide bonds. The van der Waals surface area contributed by atoms with E-state index in [1.54, 1.807) is 33.8 Å². The highest BCUT2D eigenvalue weighted by atomic mass is 19.1. The number of carbonyl (C=O) groups excluding carboxylic acids is 1. The molecule has 0 aliphatic heterocycles. The van der Waals surface area contributed by atoms with Gasteiger partial charge in [-0.3, -0.25) is 0 Å². The lowest BCUT2D eigenvalue weighted by atomic mass is 10.0. The highest BCUT2D eigenvalue weighted by molar-refractivity contribution is 5.94. The Labute approximate surface area is 121 Å². The molecule has 0 N–H and O–H groups in total. The van der Waals surface area contributed by atoms with Crippen molar-refractivity contribution in [3.63, 3.8) is 0 Å². The van der Waals surface area contributed by atoms with Crippen LogP contribution in [-0.4, -0.2) is 12.1 Å². The average molecular weight is 280 g/mol. The fourth-order valence-corrected chi connectivity index (χ4v) is 1.48. The van der Waals surface area contributed by atoms with E-state index in [4.69, 9.17) is 4.74 Å². The Morgan fingerprint density at radius 1 is 1.20 bits per heavy atom. The van der Waals surface area contributed by atoms with E-state index >= 15 is 0 Å². The van der Waals surface area contributed by atoms with Crippen LogP contribution in [0, 0.1) is 0 Å². The smallest absolute Gasteiger partial charge is 0.338 e. The van der Waals surface area contributed by atoms with E-state index in [1.807, 2.05) is 19.9 Å². The summed E-state index contributed by atoms with van der Waals surface area (Å²) in [6.45, 7) is 10.9. The maximum Gasteiger partial charge on any atom is 0.338 e. The summed E-state index contributed by atoms with van der Waals surface area (Å²) >= 11 is 0. The van der Waals surface area contributed by atoms with Gasteiger partial charge in [-0.15, -0.1) is 0 Å². The zero-order chi connectivity index (χ0) is 15.7. The normalized spacial score (nSPS) is 14.8. The summed E-state index contributed by atoms with van der Waals surface area (Å²) in [6, 6.07) is 0. The minimum Gasteiger partial charge on any atom is -0.459 e. The topological polar surface area (TPSA) is 26.3 Å². The van der Waals surface area contributed by atoms with E-state index < -0.39 is 5.97 Å². The van der Waals surface area contributed by atoms with Gasteiger partial charge in [0.1, 0.15) is 5.83 Å². The van der Waals surface area contributed by atoms with Crippen LogP contribution in [0.5, 0.6) is 0 Å². The summed E-state index contributed by atoms with van der Waals surface area (Å²) in [5, 5.41) is 0. The minimum absolute atomic E-state index is 0.207. The molecule has 0 atom stereocenters. The first kappa shape index (κ1) is 18.4. The van der Waals surface area contributed by atoms with Crippen LogP contribution in [0.4, 0.5) is 4.39 Å². The first-order chi connectivity index (χ1) is 9.35. The van der Waals surface area contributed by atoms with Gasteiger partial charge in [0.25, 0.3) is 0 Å². The standard InChI is InChI=1S/C17H25FO2/c1-7-13(6)10-14(11-15(18)8-2)16(9-3)17(19)20-12(4)5/h8-12H,7H2,1-6H3/b13-10+,14-11+,15-8+,16-9+. The van der Waals surface area contributed by atoms with Gasteiger partial charge in [-0.25, -0.2) is 9.18 Å². The largest absolute Gasteiger partial charge is 0.459 e. The monoisotopic (exact) mass is 280 g/mol. The Kier molecular flexibility index (Phi) is 8.53. The number of esters is 1. The minimum atomic E-state index is -0.433. The summed E-state index contributed by atoms with van der Waals surface area (Å²) in [5.41, 5.74) is 1.98. The van der Waals surface area contributed by atoms with Crippen molar-refractivity contribution in [3.05, 3.63) is 46.9 Å². The van der Waals surface area contributed by atoms with Crippen LogP contribution < -0.4 is 0 Å². The molecule has 0 bridgehead atoms. The van der Waals surface area contributed by atoms with Crippen molar-refractivity contribution in [2.45, 2.75) is 54.1 Å². The molecule has 2 nitrogen and oxygen atoms in total. The van der Waals surface area contributed by atoms with Gasteiger partial charge in [-0.2, -0.15) is 0 Å². The molecule has 20 heavy (non-hydrogen) atoms. The van der Waals surface area contributed by atoms with Crippen molar-refractivity contribution in [2.24, 2.45) is 0 Å². The van der Waals surface area contributed by atoms with Crippen LogP contribution in [0.2, 0.25) is 0 Å². The average Bonchev–Trinajstić information content (AvgIpc) is 2.37. The van der Waals surface area contributed by atoms with Gasteiger partial charge in [0.05, 0.1) is 11.7 Å². The molecule has 0 spiro atoms. The van der Waals surface area contributed by atoms with Crippen molar-refractivity contribution in [3.8, 4) is 0 Å². The first-order valence-electron chi connectivity index (χ1n) is 6.94. The van der Waals surface area contributed by atoms with E-state index in [0.29, 0.717) is 11.1 Å². The fourth-order valence-electron chi connectivity index (χ4n) is 1.48. The quantitative estimate of drug-likeness (QED) is 0.387. The van der Waals surface area contributed by atoms with Crippen LogP contribution in [0.1, 0.15) is 48.0 Å². The predicted octanol–water partition coefficient (Wildman–Crippen LogP) is 5.04. The van der Waals surface area contributed by atoms with Gasteiger partial charge >= 0.3 is 5.97 Å². The number of halogens is 1. The van der Waals surface area contributed by atoms with Crippen LogP contribution in [0.15, 0.2) is 46.9 Å². The summed E-state index contributed by atoms with van der Waals surface area (Å²) < 4.78 is 18.7. The third-order valence-electron chi connectivity index (χ3n) is 2.69. The van der Waals surface area contributed by atoms with Gasteiger partial charge in [0.15, 0.2) is 0 Å². The van der Waals surface area contributed by atoms with E-state index in [9.17, 15) is 9.18 Å². The van der Waals surface area contributed by atoms with Crippen LogP contribution in [-0.2, 0) is 9.53 Å². The van der Waals surface area contributed by atoms with Crippen molar-refractivity contribution in [2.75, 3.05) is 0 Å². The molecule has 0 fully saturated rings. The highest BCUT2D eigenvalue weighted by Gasteiger charge is 2.15. The van der Waals surface area contributed by atoms with Gasteiger partial charge < -0.3 is 4.74 Å². The maximum atomic E-state index is 13.5. The number of hydrogen-bond acceptors (Lipinski definition) is 2. The molecule has 0 saturated carbocycles. The van der Waals surface area contributed by atoms with Gasteiger partial charge in [-0.05, 0) is 52.7 Å². The number of ether oxygens (including phenoxy) is 1. The molecule has 0 aromatic carbocycles. The Bertz CT molecular complexity index is 452.